The Kier molecular flexibility index (Phi) is 6.82. The highest BCUT2D eigenvalue weighted by atomic mass is 32.2. The number of nitrogens with one attached hydrogen (secondary N) is 1. The van der Waals surface area contributed by atoms with Crippen LogP contribution in [0.15, 0.2) is 96.2 Å². The number of hydrogen-bond acceptors (Lipinski definition) is 5. The van der Waals surface area contributed by atoms with Gasteiger partial charge in [-0.25, -0.2) is 14.8 Å². The van der Waals surface area contributed by atoms with E-state index in [1.54, 1.807) is 17.8 Å². The van der Waals surface area contributed by atoms with Crippen molar-refractivity contribution in [2.24, 2.45) is 0 Å². The maximum absolute atomic E-state index is 11.8. The first kappa shape index (κ1) is 21.6. The maximum Gasteiger partial charge on any atom is 0.326 e. The van der Waals surface area contributed by atoms with Crippen LogP contribution in [-0.2, 0) is 11.2 Å². The van der Waals surface area contributed by atoms with Crippen molar-refractivity contribution in [3.8, 4) is 22.4 Å². The van der Waals surface area contributed by atoms with Crippen LogP contribution >= 0.6 is 11.8 Å². The van der Waals surface area contributed by atoms with Gasteiger partial charge in [-0.3, -0.25) is 0 Å². The Hall–Kier alpha value is -3.64. The van der Waals surface area contributed by atoms with Crippen LogP contribution in [0.2, 0.25) is 0 Å². The third-order valence-corrected chi connectivity index (χ3v) is 5.92. The van der Waals surface area contributed by atoms with Crippen molar-refractivity contribution in [3.63, 3.8) is 0 Å². The molecule has 0 aliphatic heterocycles. The molecular formula is C26H23N3O2S. The molecule has 1 heterocycles. The van der Waals surface area contributed by atoms with Gasteiger partial charge < -0.3 is 10.4 Å². The molecule has 0 radical (unpaired) electrons. The van der Waals surface area contributed by atoms with Crippen molar-refractivity contribution in [3.05, 3.63) is 96.8 Å². The molecule has 3 aromatic carbocycles. The smallest absolute Gasteiger partial charge is 0.326 e. The van der Waals surface area contributed by atoms with Gasteiger partial charge in [0.15, 0.2) is 0 Å². The van der Waals surface area contributed by atoms with Gasteiger partial charge in [0.1, 0.15) is 18.2 Å². The molecule has 4 aromatic rings. The second-order valence-electron chi connectivity index (χ2n) is 7.32. The summed E-state index contributed by atoms with van der Waals surface area (Å²) in [4.78, 5) is 21.6. The van der Waals surface area contributed by atoms with Crippen molar-refractivity contribution in [2.45, 2.75) is 17.4 Å². The van der Waals surface area contributed by atoms with Gasteiger partial charge in [-0.1, -0.05) is 66.7 Å². The van der Waals surface area contributed by atoms with Crippen LogP contribution in [0.5, 0.6) is 0 Å². The van der Waals surface area contributed by atoms with Crippen molar-refractivity contribution < 1.29 is 9.90 Å². The van der Waals surface area contributed by atoms with Crippen molar-refractivity contribution in [1.82, 2.24) is 9.97 Å². The fraction of sp³-hybridized carbons (Fsp3) is 0.115. The summed E-state index contributed by atoms with van der Waals surface area (Å²) in [5.74, 6) is -0.444. The topological polar surface area (TPSA) is 75.1 Å². The summed E-state index contributed by atoms with van der Waals surface area (Å²) in [6, 6.07) is 27.2. The van der Waals surface area contributed by atoms with E-state index in [9.17, 15) is 9.90 Å². The van der Waals surface area contributed by atoms with E-state index in [-0.39, 0.29) is 0 Å². The summed E-state index contributed by atoms with van der Waals surface area (Å²) < 4.78 is 0. The molecule has 4 rings (SSSR count). The number of carboxylic acid groups (broad SMARTS) is 1. The molecule has 5 nitrogen and oxygen atoms in total. The molecule has 0 fully saturated rings. The number of carboxylic acids is 1. The molecule has 1 aromatic heterocycles. The minimum atomic E-state index is -0.925. The van der Waals surface area contributed by atoms with E-state index in [1.807, 2.05) is 42.5 Å². The summed E-state index contributed by atoms with van der Waals surface area (Å²) in [5, 5.41) is 12.7. The lowest BCUT2D eigenvalue weighted by Gasteiger charge is -2.15. The zero-order valence-corrected chi connectivity index (χ0v) is 18.4. The second-order valence-corrected chi connectivity index (χ2v) is 8.20. The lowest BCUT2D eigenvalue weighted by molar-refractivity contribution is -0.137. The molecule has 32 heavy (non-hydrogen) atoms. The zero-order valence-electron chi connectivity index (χ0n) is 17.6. The maximum atomic E-state index is 11.8. The van der Waals surface area contributed by atoms with Crippen LogP contribution < -0.4 is 5.32 Å². The molecule has 160 valence electrons. The van der Waals surface area contributed by atoms with Crippen LogP contribution in [-0.4, -0.2) is 33.3 Å². The summed E-state index contributed by atoms with van der Waals surface area (Å²) in [5.41, 5.74) is 4.90. The highest BCUT2D eigenvalue weighted by Gasteiger charge is 2.18. The van der Waals surface area contributed by atoms with E-state index in [4.69, 9.17) is 0 Å². The van der Waals surface area contributed by atoms with Gasteiger partial charge in [0.25, 0.3) is 0 Å². The number of aliphatic carboxylic acids is 1. The van der Waals surface area contributed by atoms with E-state index in [2.05, 4.69) is 57.9 Å². The van der Waals surface area contributed by atoms with Crippen LogP contribution in [0.4, 0.5) is 5.82 Å². The third kappa shape index (κ3) is 5.34. The van der Waals surface area contributed by atoms with E-state index >= 15 is 0 Å². The summed E-state index contributed by atoms with van der Waals surface area (Å²) in [6.07, 6.45) is 3.88. The predicted molar refractivity (Wildman–Crippen MR) is 130 cm³/mol. The zero-order chi connectivity index (χ0) is 22.3. The molecule has 0 amide bonds. The molecule has 0 bridgehead atoms. The number of aromatic nitrogens is 2. The number of hydrogen-bond donors (Lipinski definition) is 2. The SMILES string of the molecule is CSc1ccc(-c2ccc(-c3cc(NC(Cc4ccccc4)C(=O)O)ncn3)cc2)cc1. The van der Waals surface area contributed by atoms with Gasteiger partial charge in [-0.15, -0.1) is 11.8 Å². The summed E-state index contributed by atoms with van der Waals surface area (Å²) >= 11 is 1.72. The average Bonchev–Trinajstić information content (AvgIpc) is 2.84. The fourth-order valence-electron chi connectivity index (χ4n) is 3.44. The molecule has 0 saturated heterocycles. The van der Waals surface area contributed by atoms with Gasteiger partial charge >= 0.3 is 5.97 Å². The highest BCUT2D eigenvalue weighted by molar-refractivity contribution is 7.98. The van der Waals surface area contributed by atoms with Crippen LogP contribution in [0.1, 0.15) is 5.56 Å². The minimum Gasteiger partial charge on any atom is -0.480 e. The van der Waals surface area contributed by atoms with Crippen LogP contribution in [0.25, 0.3) is 22.4 Å². The lowest BCUT2D eigenvalue weighted by Crippen LogP contribution is -2.31. The molecule has 0 saturated carbocycles. The first-order chi connectivity index (χ1) is 15.6. The largest absolute Gasteiger partial charge is 0.480 e. The molecule has 0 spiro atoms. The van der Waals surface area contributed by atoms with Gasteiger partial charge in [-0.05, 0) is 35.1 Å². The van der Waals surface area contributed by atoms with Crippen molar-refractivity contribution in [2.75, 3.05) is 11.6 Å². The van der Waals surface area contributed by atoms with E-state index < -0.39 is 12.0 Å². The Morgan fingerprint density at radius 2 is 1.53 bits per heavy atom. The number of thioether (sulfide) groups is 1. The summed E-state index contributed by atoms with van der Waals surface area (Å²) in [6.45, 7) is 0. The Labute approximate surface area is 191 Å². The third-order valence-electron chi connectivity index (χ3n) is 5.17. The van der Waals surface area contributed by atoms with Crippen molar-refractivity contribution in [1.29, 1.82) is 0 Å². The van der Waals surface area contributed by atoms with Gasteiger partial charge in [-0.2, -0.15) is 0 Å². The number of nitrogens with zero attached hydrogens (tertiary/aromatic N) is 2. The van der Waals surface area contributed by atoms with Crippen molar-refractivity contribution >= 4 is 23.5 Å². The van der Waals surface area contributed by atoms with Crippen LogP contribution in [0, 0.1) is 0 Å². The molecule has 1 atom stereocenters. The fourth-order valence-corrected chi connectivity index (χ4v) is 3.85. The Bertz CT molecular complexity index is 1180. The van der Waals surface area contributed by atoms with E-state index in [0.717, 1.165) is 27.9 Å². The number of benzene rings is 3. The van der Waals surface area contributed by atoms with E-state index in [1.165, 1.54) is 11.2 Å². The van der Waals surface area contributed by atoms with Crippen LogP contribution in [0.3, 0.4) is 0 Å². The van der Waals surface area contributed by atoms with E-state index in [0.29, 0.717) is 12.2 Å². The van der Waals surface area contributed by atoms with Gasteiger partial charge in [0, 0.05) is 22.9 Å². The second kappa shape index (κ2) is 10.1. The first-order valence-electron chi connectivity index (χ1n) is 10.2. The number of rotatable bonds is 8. The summed E-state index contributed by atoms with van der Waals surface area (Å²) in [7, 11) is 0. The Balaban J connectivity index is 1.51. The highest BCUT2D eigenvalue weighted by Crippen LogP contribution is 2.26. The standard InChI is InChI=1S/C26H23N3O2S/c1-32-22-13-11-20(12-14-22)19-7-9-21(10-8-19)23-16-25(28-17-27-23)29-24(26(30)31)15-18-5-3-2-4-6-18/h2-14,16-17,24H,15H2,1H3,(H,30,31)(H,27,28,29). The number of anilines is 1. The molecule has 0 aliphatic rings. The Morgan fingerprint density at radius 3 is 2.16 bits per heavy atom. The normalized spacial score (nSPS) is 11.7. The minimum absolute atomic E-state index is 0.361. The molecule has 2 N–H and O–H groups in total. The average molecular weight is 442 g/mol. The monoisotopic (exact) mass is 441 g/mol. The first-order valence-corrected chi connectivity index (χ1v) is 11.4. The van der Waals surface area contributed by atoms with Gasteiger partial charge in [0.05, 0.1) is 5.69 Å². The molecule has 6 heteroatoms. The Morgan fingerprint density at radius 1 is 0.906 bits per heavy atom. The molecular weight excluding hydrogens is 418 g/mol. The predicted octanol–water partition coefficient (Wildman–Crippen LogP) is 5.64. The molecule has 1 unspecified atom stereocenters. The quantitative estimate of drug-likeness (QED) is 0.345. The number of carbonyl (C=O) groups is 1. The molecule has 0 aliphatic carbocycles. The van der Waals surface area contributed by atoms with Gasteiger partial charge in [0.2, 0.25) is 0 Å². The lowest BCUT2D eigenvalue weighted by atomic mass is 10.0.